The summed E-state index contributed by atoms with van der Waals surface area (Å²) in [5, 5.41) is 8.20. The molecule has 0 amide bonds. The zero-order chi connectivity index (χ0) is 17.8. The highest BCUT2D eigenvalue weighted by molar-refractivity contribution is 5.43. The van der Waals surface area contributed by atoms with Crippen LogP contribution < -0.4 is 16.0 Å². The maximum absolute atomic E-state index is 5.77. The summed E-state index contributed by atoms with van der Waals surface area (Å²) in [6, 6.07) is 4.72. The molecule has 1 fully saturated rings. The molecule has 2 aromatic heterocycles. The molecule has 0 aliphatic carbocycles. The van der Waals surface area contributed by atoms with Gasteiger partial charge in [-0.3, -0.25) is 4.68 Å². The van der Waals surface area contributed by atoms with Crippen LogP contribution in [0.1, 0.15) is 36.3 Å². The number of nitrogens with one attached hydrogen (secondary N) is 1. The van der Waals surface area contributed by atoms with Gasteiger partial charge in [0.25, 0.3) is 0 Å². The van der Waals surface area contributed by atoms with Crippen molar-refractivity contribution in [3.05, 3.63) is 29.2 Å². The summed E-state index contributed by atoms with van der Waals surface area (Å²) < 4.78 is 2.10. The van der Waals surface area contributed by atoms with Gasteiger partial charge in [-0.15, -0.1) is 0 Å². The lowest BCUT2D eigenvalue weighted by atomic mass is 10.0. The Hall–Kier alpha value is -2.15. The Morgan fingerprint density at radius 1 is 1.12 bits per heavy atom. The van der Waals surface area contributed by atoms with Gasteiger partial charge in [0, 0.05) is 43.1 Å². The molecular weight excluding hydrogens is 314 g/mol. The Morgan fingerprint density at radius 2 is 1.88 bits per heavy atom. The van der Waals surface area contributed by atoms with E-state index in [-0.39, 0.29) is 0 Å². The second kappa shape index (κ2) is 7.82. The normalized spacial score (nSPS) is 15.7. The Labute approximate surface area is 149 Å². The van der Waals surface area contributed by atoms with E-state index in [9.17, 15) is 0 Å². The van der Waals surface area contributed by atoms with Crippen LogP contribution in [0, 0.1) is 20.8 Å². The van der Waals surface area contributed by atoms with E-state index in [0.29, 0.717) is 12.0 Å². The summed E-state index contributed by atoms with van der Waals surface area (Å²) in [4.78, 5) is 10.8. The van der Waals surface area contributed by atoms with Crippen molar-refractivity contribution in [3.8, 4) is 0 Å². The quantitative estimate of drug-likeness (QED) is 0.779. The molecule has 0 spiro atoms. The van der Waals surface area contributed by atoms with E-state index < -0.39 is 0 Å². The first-order valence-corrected chi connectivity index (χ1v) is 9.12. The number of piperidine rings is 1. The first-order valence-electron chi connectivity index (χ1n) is 9.12. The van der Waals surface area contributed by atoms with Crippen LogP contribution in [-0.2, 0) is 6.54 Å². The molecule has 7 nitrogen and oxygen atoms in total. The third-order valence-electron chi connectivity index (χ3n) is 4.76. The minimum absolute atomic E-state index is 0.361. The monoisotopic (exact) mass is 343 g/mol. The van der Waals surface area contributed by atoms with Crippen molar-refractivity contribution in [2.75, 3.05) is 30.3 Å². The summed E-state index contributed by atoms with van der Waals surface area (Å²) in [7, 11) is 0. The summed E-state index contributed by atoms with van der Waals surface area (Å²) in [5.74, 6) is 1.31. The van der Waals surface area contributed by atoms with E-state index in [4.69, 9.17) is 5.73 Å². The van der Waals surface area contributed by atoms with Crippen LogP contribution in [0.25, 0.3) is 0 Å². The predicted octanol–water partition coefficient (Wildman–Crippen LogP) is 1.83. The number of aryl methyl sites for hydroxylation is 4. The fourth-order valence-electron chi connectivity index (χ4n) is 3.49. The second-order valence-corrected chi connectivity index (χ2v) is 6.94. The van der Waals surface area contributed by atoms with Crippen LogP contribution in [0.2, 0.25) is 0 Å². The van der Waals surface area contributed by atoms with Gasteiger partial charge in [-0.2, -0.15) is 10.1 Å². The standard InChI is InChI=1S/C18H29N7/c1-13-12-17(22-18(19)21-13)24-9-5-16(6-10-24)20-7-4-8-25-15(3)11-14(2)23-25/h11-12,16,20H,4-10H2,1-3H3,(H2,19,21,22). The molecule has 25 heavy (non-hydrogen) atoms. The van der Waals surface area contributed by atoms with Gasteiger partial charge in [0.05, 0.1) is 5.69 Å². The molecule has 1 aliphatic rings. The number of rotatable bonds is 6. The van der Waals surface area contributed by atoms with E-state index >= 15 is 0 Å². The summed E-state index contributed by atoms with van der Waals surface area (Å²) in [6.07, 6.45) is 3.36. The Bertz CT molecular complexity index is 681. The fraction of sp³-hybridized carbons (Fsp3) is 0.611. The Morgan fingerprint density at radius 3 is 2.52 bits per heavy atom. The highest BCUT2D eigenvalue weighted by Gasteiger charge is 2.20. The van der Waals surface area contributed by atoms with Gasteiger partial charge in [-0.1, -0.05) is 0 Å². The SMILES string of the molecule is Cc1cc(N2CCC(NCCCn3nc(C)cc3C)CC2)nc(N)n1. The minimum Gasteiger partial charge on any atom is -0.368 e. The van der Waals surface area contributed by atoms with Gasteiger partial charge in [0.1, 0.15) is 5.82 Å². The maximum atomic E-state index is 5.77. The molecule has 3 heterocycles. The van der Waals surface area contributed by atoms with E-state index in [2.05, 4.69) is 43.0 Å². The molecule has 7 heteroatoms. The average Bonchev–Trinajstić information content (AvgIpc) is 2.89. The van der Waals surface area contributed by atoms with Crippen molar-refractivity contribution in [3.63, 3.8) is 0 Å². The number of nitrogen functional groups attached to an aromatic ring is 1. The van der Waals surface area contributed by atoms with Crippen LogP contribution in [0.3, 0.4) is 0 Å². The van der Waals surface area contributed by atoms with E-state index in [1.165, 1.54) is 5.69 Å². The number of nitrogens with zero attached hydrogens (tertiary/aromatic N) is 5. The van der Waals surface area contributed by atoms with Gasteiger partial charge < -0.3 is 16.0 Å². The minimum atomic E-state index is 0.361. The van der Waals surface area contributed by atoms with Crippen molar-refractivity contribution in [2.24, 2.45) is 0 Å². The van der Waals surface area contributed by atoms with Gasteiger partial charge in [-0.25, -0.2) is 4.98 Å². The average molecular weight is 343 g/mol. The molecule has 0 radical (unpaired) electrons. The molecular formula is C18H29N7. The zero-order valence-electron chi connectivity index (χ0n) is 15.5. The molecule has 0 saturated carbocycles. The first-order chi connectivity index (χ1) is 12.0. The predicted molar refractivity (Wildman–Crippen MR) is 101 cm³/mol. The number of aromatic nitrogens is 4. The third kappa shape index (κ3) is 4.69. The molecule has 0 bridgehead atoms. The zero-order valence-corrected chi connectivity index (χ0v) is 15.5. The smallest absolute Gasteiger partial charge is 0.222 e. The number of nitrogens with two attached hydrogens (primary N) is 1. The van der Waals surface area contributed by atoms with Crippen LogP contribution in [0.4, 0.5) is 11.8 Å². The molecule has 1 aliphatic heterocycles. The maximum Gasteiger partial charge on any atom is 0.222 e. The van der Waals surface area contributed by atoms with Crippen molar-refractivity contribution >= 4 is 11.8 Å². The Kier molecular flexibility index (Phi) is 5.53. The van der Waals surface area contributed by atoms with Crippen LogP contribution in [0.5, 0.6) is 0 Å². The van der Waals surface area contributed by atoms with Crippen LogP contribution in [0.15, 0.2) is 12.1 Å². The van der Waals surface area contributed by atoms with E-state index in [1.807, 2.05) is 19.9 Å². The molecule has 3 N–H and O–H groups in total. The molecule has 3 rings (SSSR count). The fourth-order valence-corrected chi connectivity index (χ4v) is 3.49. The first kappa shape index (κ1) is 17.7. The number of anilines is 2. The summed E-state index contributed by atoms with van der Waals surface area (Å²) >= 11 is 0. The lowest BCUT2D eigenvalue weighted by molar-refractivity contribution is 0.402. The van der Waals surface area contributed by atoms with Crippen LogP contribution >= 0.6 is 0 Å². The molecule has 2 aromatic rings. The van der Waals surface area contributed by atoms with Gasteiger partial charge in [0.15, 0.2) is 0 Å². The van der Waals surface area contributed by atoms with E-state index in [1.54, 1.807) is 0 Å². The second-order valence-electron chi connectivity index (χ2n) is 6.94. The third-order valence-corrected chi connectivity index (χ3v) is 4.76. The van der Waals surface area contributed by atoms with Crippen molar-refractivity contribution < 1.29 is 0 Å². The Balaban J connectivity index is 1.40. The highest BCUT2D eigenvalue weighted by Crippen LogP contribution is 2.19. The lowest BCUT2D eigenvalue weighted by Crippen LogP contribution is -2.43. The molecule has 0 unspecified atom stereocenters. The van der Waals surface area contributed by atoms with Gasteiger partial charge in [0.2, 0.25) is 5.95 Å². The van der Waals surface area contributed by atoms with Crippen molar-refractivity contribution in [2.45, 2.75) is 52.6 Å². The largest absolute Gasteiger partial charge is 0.368 e. The molecule has 136 valence electrons. The number of hydrogen-bond donors (Lipinski definition) is 2. The highest BCUT2D eigenvalue weighted by atomic mass is 15.3. The van der Waals surface area contributed by atoms with Crippen molar-refractivity contribution in [1.82, 2.24) is 25.1 Å². The molecule has 1 saturated heterocycles. The number of hydrogen-bond acceptors (Lipinski definition) is 6. The topological polar surface area (TPSA) is 84.9 Å². The van der Waals surface area contributed by atoms with Crippen molar-refractivity contribution in [1.29, 1.82) is 0 Å². The summed E-state index contributed by atoms with van der Waals surface area (Å²) in [6.45, 7) is 10.1. The van der Waals surface area contributed by atoms with E-state index in [0.717, 1.165) is 62.6 Å². The van der Waals surface area contributed by atoms with Gasteiger partial charge in [-0.05, 0) is 52.6 Å². The van der Waals surface area contributed by atoms with Crippen LogP contribution in [-0.4, -0.2) is 45.4 Å². The lowest BCUT2D eigenvalue weighted by Gasteiger charge is -2.33. The molecule has 0 atom stereocenters. The summed E-state index contributed by atoms with van der Waals surface area (Å²) in [5.41, 5.74) is 9.03. The molecule has 0 aromatic carbocycles. The van der Waals surface area contributed by atoms with Gasteiger partial charge >= 0.3 is 0 Å².